The van der Waals surface area contributed by atoms with Crippen LogP contribution in [0, 0.1) is 11.3 Å². The SMILES string of the molecule is CN(C)c1cc(NC2CCN(c3nccnc3C#N)CC2)ncn1. The maximum absolute atomic E-state index is 9.16. The molecule has 1 N–H and O–H groups in total. The molecule has 1 fully saturated rings. The van der Waals surface area contributed by atoms with Crippen LogP contribution in [0.25, 0.3) is 0 Å². The molecule has 0 unspecified atom stereocenters. The Kier molecular flexibility index (Phi) is 4.70. The molecule has 3 heterocycles. The number of nitriles is 1. The van der Waals surface area contributed by atoms with Crippen LogP contribution in [0.2, 0.25) is 0 Å². The van der Waals surface area contributed by atoms with Crippen molar-refractivity contribution in [3.05, 3.63) is 30.5 Å². The summed E-state index contributed by atoms with van der Waals surface area (Å²) in [6, 6.07) is 4.40. The maximum Gasteiger partial charge on any atom is 0.183 e. The summed E-state index contributed by atoms with van der Waals surface area (Å²) in [5, 5.41) is 12.6. The zero-order valence-corrected chi connectivity index (χ0v) is 13.8. The van der Waals surface area contributed by atoms with E-state index >= 15 is 0 Å². The zero-order chi connectivity index (χ0) is 16.9. The molecule has 0 spiro atoms. The molecule has 1 aliphatic rings. The number of hydrogen-bond donors (Lipinski definition) is 1. The van der Waals surface area contributed by atoms with Crippen LogP contribution in [0.15, 0.2) is 24.8 Å². The smallest absolute Gasteiger partial charge is 0.183 e. The molecule has 8 heteroatoms. The van der Waals surface area contributed by atoms with E-state index in [0.717, 1.165) is 37.6 Å². The van der Waals surface area contributed by atoms with Crippen molar-refractivity contribution in [1.82, 2.24) is 19.9 Å². The topological polar surface area (TPSA) is 93.9 Å². The largest absolute Gasteiger partial charge is 0.367 e. The Balaban J connectivity index is 1.61. The van der Waals surface area contributed by atoms with Gasteiger partial charge in [-0.3, -0.25) is 0 Å². The van der Waals surface area contributed by atoms with Gasteiger partial charge in [0, 0.05) is 51.7 Å². The van der Waals surface area contributed by atoms with E-state index in [1.165, 1.54) is 0 Å². The van der Waals surface area contributed by atoms with Crippen LogP contribution in [0.1, 0.15) is 18.5 Å². The Morgan fingerprint density at radius 3 is 2.62 bits per heavy atom. The first-order chi connectivity index (χ1) is 11.7. The second-order valence-corrected chi connectivity index (χ2v) is 5.90. The molecule has 2 aromatic rings. The summed E-state index contributed by atoms with van der Waals surface area (Å²) in [6.07, 6.45) is 6.65. The number of nitrogens with zero attached hydrogens (tertiary/aromatic N) is 7. The van der Waals surface area contributed by atoms with Crippen LogP contribution < -0.4 is 15.1 Å². The second-order valence-electron chi connectivity index (χ2n) is 5.90. The average Bonchev–Trinajstić information content (AvgIpc) is 2.62. The van der Waals surface area contributed by atoms with Gasteiger partial charge in [0.15, 0.2) is 11.5 Å². The lowest BCUT2D eigenvalue weighted by Gasteiger charge is -2.33. The van der Waals surface area contributed by atoms with E-state index in [-0.39, 0.29) is 0 Å². The van der Waals surface area contributed by atoms with Crippen molar-refractivity contribution in [3.63, 3.8) is 0 Å². The Labute approximate surface area is 141 Å². The molecule has 24 heavy (non-hydrogen) atoms. The van der Waals surface area contributed by atoms with Gasteiger partial charge in [0.2, 0.25) is 0 Å². The minimum atomic E-state index is 0.341. The number of anilines is 3. The van der Waals surface area contributed by atoms with Gasteiger partial charge in [-0.1, -0.05) is 0 Å². The molecule has 0 aromatic carbocycles. The summed E-state index contributed by atoms with van der Waals surface area (Å²) in [5.41, 5.74) is 0.385. The third kappa shape index (κ3) is 3.51. The molecule has 0 amide bonds. The van der Waals surface area contributed by atoms with Gasteiger partial charge in [-0.2, -0.15) is 5.26 Å². The molecule has 3 rings (SSSR count). The number of hydrogen-bond acceptors (Lipinski definition) is 8. The summed E-state index contributed by atoms with van der Waals surface area (Å²) in [6.45, 7) is 1.66. The molecule has 1 aliphatic heterocycles. The Bertz CT molecular complexity index is 731. The number of piperidine rings is 1. The summed E-state index contributed by atoms with van der Waals surface area (Å²) in [7, 11) is 3.91. The van der Waals surface area contributed by atoms with E-state index in [9.17, 15) is 0 Å². The highest BCUT2D eigenvalue weighted by Crippen LogP contribution is 2.22. The molecule has 2 aromatic heterocycles. The van der Waals surface area contributed by atoms with E-state index in [4.69, 9.17) is 5.26 Å². The number of rotatable bonds is 4. The molecular weight excluding hydrogens is 304 g/mol. The van der Waals surface area contributed by atoms with Gasteiger partial charge in [-0.25, -0.2) is 19.9 Å². The van der Waals surface area contributed by atoms with E-state index in [1.54, 1.807) is 18.7 Å². The normalized spacial score (nSPS) is 15.0. The lowest BCUT2D eigenvalue weighted by atomic mass is 10.0. The van der Waals surface area contributed by atoms with E-state index < -0.39 is 0 Å². The Morgan fingerprint density at radius 1 is 1.17 bits per heavy atom. The van der Waals surface area contributed by atoms with Gasteiger partial charge in [-0.15, -0.1) is 0 Å². The quantitative estimate of drug-likeness (QED) is 0.899. The maximum atomic E-state index is 9.16. The van der Waals surface area contributed by atoms with Crippen LogP contribution in [0.3, 0.4) is 0 Å². The van der Waals surface area contributed by atoms with E-state index in [2.05, 4.69) is 36.2 Å². The van der Waals surface area contributed by atoms with Gasteiger partial charge in [-0.05, 0) is 12.8 Å². The van der Waals surface area contributed by atoms with Crippen molar-refractivity contribution in [2.45, 2.75) is 18.9 Å². The van der Waals surface area contributed by atoms with Crippen LogP contribution >= 0.6 is 0 Å². The molecule has 124 valence electrons. The first-order valence-electron chi connectivity index (χ1n) is 7.89. The fourth-order valence-corrected chi connectivity index (χ4v) is 2.76. The molecule has 0 aliphatic carbocycles. The Morgan fingerprint density at radius 2 is 1.92 bits per heavy atom. The van der Waals surface area contributed by atoms with E-state index in [1.807, 2.05) is 25.1 Å². The van der Waals surface area contributed by atoms with Crippen molar-refractivity contribution in [3.8, 4) is 6.07 Å². The second kappa shape index (κ2) is 7.08. The summed E-state index contributed by atoms with van der Waals surface area (Å²) < 4.78 is 0. The lowest BCUT2D eigenvalue weighted by molar-refractivity contribution is 0.521. The highest BCUT2D eigenvalue weighted by atomic mass is 15.2. The van der Waals surface area contributed by atoms with Crippen molar-refractivity contribution >= 4 is 17.5 Å². The molecule has 0 saturated carbocycles. The zero-order valence-electron chi connectivity index (χ0n) is 13.8. The van der Waals surface area contributed by atoms with Crippen LogP contribution in [0.5, 0.6) is 0 Å². The third-order valence-corrected chi connectivity index (χ3v) is 4.04. The molecule has 0 bridgehead atoms. The predicted molar refractivity (Wildman–Crippen MR) is 92.0 cm³/mol. The average molecular weight is 324 g/mol. The first kappa shape index (κ1) is 15.9. The third-order valence-electron chi connectivity index (χ3n) is 4.04. The number of aromatic nitrogens is 4. The summed E-state index contributed by atoms with van der Waals surface area (Å²) >= 11 is 0. The standard InChI is InChI=1S/C16H20N8/c1-23(2)15-9-14(20-11-21-15)22-12-3-7-24(8-4-12)16-13(10-17)18-5-6-19-16/h5-6,9,11-12H,3-4,7-8H2,1-2H3,(H,20,21,22). The van der Waals surface area contributed by atoms with Crippen LogP contribution in [-0.2, 0) is 0 Å². The van der Waals surface area contributed by atoms with Gasteiger partial charge in [0.1, 0.15) is 24.0 Å². The molecular formula is C16H20N8. The molecule has 8 nitrogen and oxygen atoms in total. The van der Waals surface area contributed by atoms with E-state index in [0.29, 0.717) is 17.6 Å². The number of nitrogens with one attached hydrogen (secondary N) is 1. The highest BCUT2D eigenvalue weighted by molar-refractivity contribution is 5.51. The highest BCUT2D eigenvalue weighted by Gasteiger charge is 2.22. The van der Waals surface area contributed by atoms with Crippen LogP contribution in [0.4, 0.5) is 17.5 Å². The van der Waals surface area contributed by atoms with Gasteiger partial charge < -0.3 is 15.1 Å². The van der Waals surface area contributed by atoms with Gasteiger partial charge in [0.25, 0.3) is 0 Å². The minimum absolute atomic E-state index is 0.341. The first-order valence-corrected chi connectivity index (χ1v) is 7.89. The van der Waals surface area contributed by atoms with Crippen molar-refractivity contribution < 1.29 is 0 Å². The summed E-state index contributed by atoms with van der Waals surface area (Å²) in [5.74, 6) is 2.39. The van der Waals surface area contributed by atoms with Crippen molar-refractivity contribution in [2.75, 3.05) is 42.3 Å². The fraction of sp³-hybridized carbons (Fsp3) is 0.438. The fourth-order valence-electron chi connectivity index (χ4n) is 2.76. The molecule has 1 saturated heterocycles. The van der Waals surface area contributed by atoms with Crippen molar-refractivity contribution in [1.29, 1.82) is 5.26 Å². The van der Waals surface area contributed by atoms with Gasteiger partial charge in [0.05, 0.1) is 0 Å². The van der Waals surface area contributed by atoms with Crippen molar-refractivity contribution in [2.24, 2.45) is 0 Å². The Hall–Kier alpha value is -2.95. The monoisotopic (exact) mass is 324 g/mol. The van der Waals surface area contributed by atoms with Crippen LogP contribution in [-0.4, -0.2) is 53.2 Å². The minimum Gasteiger partial charge on any atom is -0.367 e. The molecule has 0 radical (unpaired) electrons. The van der Waals surface area contributed by atoms with Gasteiger partial charge >= 0.3 is 0 Å². The summed E-state index contributed by atoms with van der Waals surface area (Å²) in [4.78, 5) is 21.0. The predicted octanol–water partition coefficient (Wildman–Crippen LogP) is 1.29. The lowest BCUT2D eigenvalue weighted by Crippen LogP contribution is -2.40. The molecule has 0 atom stereocenters.